The van der Waals surface area contributed by atoms with E-state index in [1.54, 1.807) is 12.1 Å². The first kappa shape index (κ1) is 18.9. The normalized spacial score (nSPS) is 11.6. The molecule has 0 saturated carbocycles. The second-order valence-corrected chi connectivity index (χ2v) is 6.65. The van der Waals surface area contributed by atoms with Crippen molar-refractivity contribution in [2.24, 2.45) is 0 Å². The summed E-state index contributed by atoms with van der Waals surface area (Å²) < 4.78 is 0. The van der Waals surface area contributed by atoms with E-state index in [0.717, 1.165) is 17.0 Å². The lowest BCUT2D eigenvalue weighted by Gasteiger charge is -2.13. The third-order valence-corrected chi connectivity index (χ3v) is 4.43. The van der Waals surface area contributed by atoms with Crippen LogP contribution in [0.5, 0.6) is 0 Å². The first-order chi connectivity index (χ1) is 13.1. The Labute approximate surface area is 163 Å². The van der Waals surface area contributed by atoms with Crippen LogP contribution in [0.3, 0.4) is 0 Å². The zero-order valence-electron chi connectivity index (χ0n) is 15.0. The maximum atomic E-state index is 12.3. The number of hydrogen-bond donors (Lipinski definition) is 2. The van der Waals surface area contributed by atoms with Gasteiger partial charge in [-0.25, -0.2) is 0 Å². The first-order valence-corrected chi connectivity index (χ1v) is 9.17. The van der Waals surface area contributed by atoms with Crippen LogP contribution in [0.4, 0.5) is 5.82 Å². The Morgan fingerprint density at radius 1 is 1.00 bits per heavy atom. The van der Waals surface area contributed by atoms with E-state index in [2.05, 4.69) is 20.8 Å². The second kappa shape index (κ2) is 9.14. The molecule has 1 aromatic heterocycles. The van der Waals surface area contributed by atoms with Gasteiger partial charge in [0.05, 0.1) is 6.04 Å². The van der Waals surface area contributed by atoms with Crippen LogP contribution in [-0.2, 0) is 6.42 Å². The predicted octanol–water partition coefficient (Wildman–Crippen LogP) is 4.28. The Morgan fingerprint density at radius 3 is 2.41 bits per heavy atom. The number of halogens is 1. The number of carbonyl (C=O) groups is 1. The van der Waals surface area contributed by atoms with Gasteiger partial charge in [-0.05, 0) is 48.7 Å². The average molecular weight is 381 g/mol. The lowest BCUT2D eigenvalue weighted by molar-refractivity contribution is 0.0934. The fourth-order valence-corrected chi connectivity index (χ4v) is 2.76. The van der Waals surface area contributed by atoms with Crippen molar-refractivity contribution >= 4 is 23.3 Å². The van der Waals surface area contributed by atoms with Gasteiger partial charge in [-0.15, -0.1) is 10.2 Å². The van der Waals surface area contributed by atoms with Gasteiger partial charge in [-0.2, -0.15) is 0 Å². The van der Waals surface area contributed by atoms with Crippen molar-refractivity contribution in [1.82, 2.24) is 15.5 Å². The number of hydrogen-bond acceptors (Lipinski definition) is 4. The van der Waals surface area contributed by atoms with Crippen molar-refractivity contribution in [3.05, 3.63) is 88.6 Å². The van der Waals surface area contributed by atoms with Gasteiger partial charge in [-0.1, -0.05) is 54.1 Å². The lowest BCUT2D eigenvalue weighted by Crippen LogP contribution is -2.27. The van der Waals surface area contributed by atoms with Crippen molar-refractivity contribution in [3.63, 3.8) is 0 Å². The monoisotopic (exact) mass is 380 g/mol. The Bertz CT molecular complexity index is 867. The summed E-state index contributed by atoms with van der Waals surface area (Å²) in [5.74, 6) is 0.392. The maximum absolute atomic E-state index is 12.3. The van der Waals surface area contributed by atoms with E-state index in [1.807, 2.05) is 61.5 Å². The Hall–Kier alpha value is -2.92. The third-order valence-electron chi connectivity index (χ3n) is 4.18. The van der Waals surface area contributed by atoms with Gasteiger partial charge < -0.3 is 10.6 Å². The van der Waals surface area contributed by atoms with E-state index < -0.39 is 0 Å². The molecule has 1 unspecified atom stereocenters. The SMILES string of the molecule is CC(NC(=O)c1ccc(NCCc2ccc(Cl)cc2)nn1)c1ccccc1. The third kappa shape index (κ3) is 5.53. The molecule has 5 nitrogen and oxygen atoms in total. The summed E-state index contributed by atoms with van der Waals surface area (Å²) in [4.78, 5) is 12.3. The molecular formula is C21H21ClN4O. The highest BCUT2D eigenvalue weighted by Crippen LogP contribution is 2.13. The minimum absolute atomic E-state index is 0.0994. The number of aromatic nitrogens is 2. The Morgan fingerprint density at radius 2 is 1.74 bits per heavy atom. The topological polar surface area (TPSA) is 66.9 Å². The summed E-state index contributed by atoms with van der Waals surface area (Å²) >= 11 is 5.88. The van der Waals surface area contributed by atoms with Crippen molar-refractivity contribution in [2.45, 2.75) is 19.4 Å². The highest BCUT2D eigenvalue weighted by atomic mass is 35.5. The molecular weight excluding hydrogens is 360 g/mol. The molecule has 6 heteroatoms. The Balaban J connectivity index is 1.50. The van der Waals surface area contributed by atoms with Crippen LogP contribution < -0.4 is 10.6 Å². The summed E-state index contributed by atoms with van der Waals surface area (Å²) in [7, 11) is 0. The molecule has 0 aliphatic carbocycles. The van der Waals surface area contributed by atoms with Gasteiger partial charge in [0.25, 0.3) is 5.91 Å². The molecule has 2 N–H and O–H groups in total. The number of carbonyl (C=O) groups excluding carboxylic acids is 1. The summed E-state index contributed by atoms with van der Waals surface area (Å²) in [5.41, 5.74) is 2.52. The molecule has 3 rings (SSSR count). The summed E-state index contributed by atoms with van der Waals surface area (Å²) in [6, 6.07) is 20.9. The predicted molar refractivity (Wildman–Crippen MR) is 108 cm³/mol. The number of nitrogens with one attached hydrogen (secondary N) is 2. The quantitative estimate of drug-likeness (QED) is 0.642. The molecule has 3 aromatic rings. The van der Waals surface area contributed by atoms with Crippen molar-refractivity contribution < 1.29 is 4.79 Å². The van der Waals surface area contributed by atoms with Gasteiger partial charge in [0, 0.05) is 11.6 Å². The molecule has 0 aliphatic heterocycles. The molecule has 0 saturated heterocycles. The van der Waals surface area contributed by atoms with Gasteiger partial charge >= 0.3 is 0 Å². The number of nitrogens with zero attached hydrogens (tertiary/aromatic N) is 2. The summed E-state index contributed by atoms with van der Waals surface area (Å²) in [6.45, 7) is 2.65. The molecule has 0 fully saturated rings. The van der Waals surface area contributed by atoms with Gasteiger partial charge in [-0.3, -0.25) is 4.79 Å². The smallest absolute Gasteiger partial charge is 0.272 e. The van der Waals surface area contributed by atoms with Crippen molar-refractivity contribution in [2.75, 3.05) is 11.9 Å². The van der Waals surface area contributed by atoms with Crippen LogP contribution >= 0.6 is 11.6 Å². The van der Waals surface area contributed by atoms with E-state index in [-0.39, 0.29) is 11.9 Å². The number of benzene rings is 2. The molecule has 0 bridgehead atoms. The fraction of sp³-hybridized carbons (Fsp3) is 0.190. The number of amides is 1. The van der Waals surface area contributed by atoms with Crippen molar-refractivity contribution in [1.29, 1.82) is 0 Å². The van der Waals surface area contributed by atoms with Crippen LogP contribution in [0.25, 0.3) is 0 Å². The van der Waals surface area contributed by atoms with Crippen molar-refractivity contribution in [3.8, 4) is 0 Å². The van der Waals surface area contributed by atoms with Gasteiger partial charge in [0.15, 0.2) is 5.69 Å². The minimum atomic E-state index is -0.244. The lowest BCUT2D eigenvalue weighted by atomic mass is 10.1. The fourth-order valence-electron chi connectivity index (χ4n) is 2.63. The molecule has 0 radical (unpaired) electrons. The number of rotatable bonds is 7. The molecule has 1 amide bonds. The zero-order valence-corrected chi connectivity index (χ0v) is 15.8. The van der Waals surface area contributed by atoms with Gasteiger partial charge in [0.1, 0.15) is 5.82 Å². The largest absolute Gasteiger partial charge is 0.368 e. The maximum Gasteiger partial charge on any atom is 0.272 e. The first-order valence-electron chi connectivity index (χ1n) is 8.79. The van der Waals surface area contributed by atoms with Crippen LogP contribution in [0, 0.1) is 0 Å². The molecule has 27 heavy (non-hydrogen) atoms. The molecule has 1 heterocycles. The van der Waals surface area contributed by atoms with Crippen LogP contribution in [0.2, 0.25) is 5.02 Å². The Kier molecular flexibility index (Phi) is 6.39. The zero-order chi connectivity index (χ0) is 19.1. The van der Waals surface area contributed by atoms with E-state index in [1.165, 1.54) is 5.56 Å². The van der Waals surface area contributed by atoms with E-state index >= 15 is 0 Å². The average Bonchev–Trinajstić information content (AvgIpc) is 2.70. The summed E-state index contributed by atoms with van der Waals surface area (Å²) in [5, 5.41) is 15.0. The van der Waals surface area contributed by atoms with E-state index in [0.29, 0.717) is 18.1 Å². The second-order valence-electron chi connectivity index (χ2n) is 6.21. The van der Waals surface area contributed by atoms with Crippen LogP contribution in [0.15, 0.2) is 66.7 Å². The van der Waals surface area contributed by atoms with E-state index in [4.69, 9.17) is 11.6 Å². The molecule has 138 valence electrons. The summed E-state index contributed by atoms with van der Waals surface area (Å²) in [6.07, 6.45) is 0.843. The molecule has 0 spiro atoms. The van der Waals surface area contributed by atoms with Gasteiger partial charge in [0.2, 0.25) is 0 Å². The number of anilines is 1. The van der Waals surface area contributed by atoms with Crippen LogP contribution in [-0.4, -0.2) is 22.6 Å². The van der Waals surface area contributed by atoms with Crippen LogP contribution in [0.1, 0.15) is 34.6 Å². The highest BCUT2D eigenvalue weighted by Gasteiger charge is 2.12. The molecule has 1 atom stereocenters. The standard InChI is InChI=1S/C21H21ClN4O/c1-15(17-5-3-2-4-6-17)24-21(27)19-11-12-20(26-25-19)23-14-13-16-7-9-18(22)10-8-16/h2-12,15H,13-14H2,1H3,(H,23,26)(H,24,27). The molecule has 2 aromatic carbocycles. The van der Waals surface area contributed by atoms with E-state index in [9.17, 15) is 4.79 Å². The highest BCUT2D eigenvalue weighted by molar-refractivity contribution is 6.30. The minimum Gasteiger partial charge on any atom is -0.368 e. The molecule has 0 aliphatic rings.